The zero-order valence-corrected chi connectivity index (χ0v) is 14.6. The number of thiophene rings is 1. The highest BCUT2D eigenvalue weighted by atomic mass is 32.1. The largest absolute Gasteiger partial charge is 0.396 e. The van der Waals surface area contributed by atoms with Crippen molar-refractivity contribution < 1.29 is 9.90 Å². The monoisotopic (exact) mass is 348 g/mol. The minimum absolute atomic E-state index is 0.165. The maximum Gasteiger partial charge on any atom is 0.236 e. The molecule has 1 N–H and O–H groups in total. The number of amides is 1. The number of nitrogens with zero attached hydrogens (tertiary/aromatic N) is 4. The van der Waals surface area contributed by atoms with Crippen LogP contribution in [0, 0.1) is 17.2 Å². The number of likely N-dealkylation sites (tertiary alicyclic amines) is 1. The Morgan fingerprint density at radius 3 is 2.75 bits per heavy atom. The van der Waals surface area contributed by atoms with Crippen LogP contribution in [0.1, 0.15) is 17.3 Å². The first-order valence-electron chi connectivity index (χ1n) is 8.49. The molecular formula is C17H24N4O2S. The van der Waals surface area contributed by atoms with E-state index in [4.69, 9.17) is 0 Å². The molecule has 3 heterocycles. The van der Waals surface area contributed by atoms with Gasteiger partial charge in [-0.2, -0.15) is 5.26 Å². The smallest absolute Gasteiger partial charge is 0.236 e. The van der Waals surface area contributed by atoms with Crippen LogP contribution >= 0.6 is 11.3 Å². The maximum atomic E-state index is 12.5. The van der Waals surface area contributed by atoms with Gasteiger partial charge in [0.15, 0.2) is 0 Å². The lowest BCUT2D eigenvalue weighted by atomic mass is 10.1. The van der Waals surface area contributed by atoms with E-state index in [0.29, 0.717) is 25.6 Å². The molecule has 2 saturated heterocycles. The zero-order chi connectivity index (χ0) is 16.9. The topological polar surface area (TPSA) is 70.8 Å². The standard InChI is InChI=1S/C17H24N4O2S/c18-10-15(16-2-1-9-24-16)20-5-7-21(8-6-20)17(23)12-19-4-3-14(11-19)13-22/h1-2,9,14-15,22H,3-8,11-13H2/t14-,15-/m1/s1. The van der Waals surface area contributed by atoms with Crippen molar-refractivity contribution in [1.82, 2.24) is 14.7 Å². The number of hydrogen-bond donors (Lipinski definition) is 1. The normalized spacial score (nSPS) is 24.0. The van der Waals surface area contributed by atoms with Crippen molar-refractivity contribution in [3.63, 3.8) is 0 Å². The van der Waals surface area contributed by atoms with Crippen molar-refractivity contribution in [1.29, 1.82) is 5.26 Å². The highest BCUT2D eigenvalue weighted by Crippen LogP contribution is 2.25. The van der Waals surface area contributed by atoms with Crippen LogP contribution in [-0.2, 0) is 4.79 Å². The van der Waals surface area contributed by atoms with Crippen LogP contribution in [0.3, 0.4) is 0 Å². The van der Waals surface area contributed by atoms with Crippen molar-refractivity contribution in [2.45, 2.75) is 12.5 Å². The Kier molecular flexibility index (Phi) is 5.85. The third-order valence-electron chi connectivity index (χ3n) is 4.95. The first kappa shape index (κ1) is 17.4. The van der Waals surface area contributed by atoms with Crippen LogP contribution < -0.4 is 0 Å². The molecule has 1 aromatic rings. The average Bonchev–Trinajstić information content (AvgIpc) is 3.28. The van der Waals surface area contributed by atoms with E-state index >= 15 is 0 Å². The summed E-state index contributed by atoms with van der Waals surface area (Å²) in [4.78, 5) is 19.7. The van der Waals surface area contributed by atoms with E-state index < -0.39 is 0 Å². The van der Waals surface area contributed by atoms with E-state index in [1.807, 2.05) is 22.4 Å². The van der Waals surface area contributed by atoms with Gasteiger partial charge < -0.3 is 10.0 Å². The molecule has 7 heteroatoms. The highest BCUT2D eigenvalue weighted by Gasteiger charge is 2.29. The molecule has 0 saturated carbocycles. The van der Waals surface area contributed by atoms with Gasteiger partial charge in [0.1, 0.15) is 6.04 Å². The number of aliphatic hydroxyl groups is 1. The maximum absolute atomic E-state index is 12.5. The Morgan fingerprint density at radius 1 is 1.38 bits per heavy atom. The summed E-state index contributed by atoms with van der Waals surface area (Å²) in [5.41, 5.74) is 0. The number of carbonyl (C=O) groups excluding carboxylic acids is 1. The molecule has 130 valence electrons. The van der Waals surface area contributed by atoms with E-state index in [1.165, 1.54) is 0 Å². The summed E-state index contributed by atoms with van der Waals surface area (Å²) >= 11 is 1.61. The third kappa shape index (κ3) is 3.95. The summed E-state index contributed by atoms with van der Waals surface area (Å²) < 4.78 is 0. The molecule has 1 aromatic heterocycles. The van der Waals surface area contributed by atoms with Crippen molar-refractivity contribution in [2.24, 2.45) is 5.92 Å². The van der Waals surface area contributed by atoms with Crippen LogP contribution in [0.2, 0.25) is 0 Å². The lowest BCUT2D eigenvalue weighted by molar-refractivity contribution is -0.134. The Labute approximate surface area is 146 Å². The molecule has 24 heavy (non-hydrogen) atoms. The number of aliphatic hydroxyl groups excluding tert-OH is 1. The number of carbonyl (C=O) groups is 1. The van der Waals surface area contributed by atoms with Crippen LogP contribution in [0.25, 0.3) is 0 Å². The molecule has 0 unspecified atom stereocenters. The Morgan fingerprint density at radius 2 is 2.17 bits per heavy atom. The van der Waals surface area contributed by atoms with E-state index in [9.17, 15) is 15.2 Å². The van der Waals surface area contributed by atoms with Gasteiger partial charge in [-0.3, -0.25) is 14.6 Å². The van der Waals surface area contributed by atoms with E-state index in [1.54, 1.807) is 11.3 Å². The lowest BCUT2D eigenvalue weighted by Crippen LogP contribution is -2.51. The van der Waals surface area contributed by atoms with Gasteiger partial charge in [0.25, 0.3) is 0 Å². The van der Waals surface area contributed by atoms with Crippen LogP contribution in [0.4, 0.5) is 0 Å². The molecule has 2 fully saturated rings. The summed E-state index contributed by atoms with van der Waals surface area (Å²) in [5, 5.41) is 20.7. The molecule has 1 amide bonds. The minimum atomic E-state index is -0.203. The predicted molar refractivity (Wildman–Crippen MR) is 92.5 cm³/mol. The number of rotatable bonds is 5. The average molecular weight is 348 g/mol. The quantitative estimate of drug-likeness (QED) is 0.851. The third-order valence-corrected chi connectivity index (χ3v) is 5.88. The SMILES string of the molecule is N#C[C@H](c1cccs1)N1CCN(C(=O)CN2CC[C@@H](CO)C2)CC1. The fourth-order valence-corrected chi connectivity index (χ4v) is 4.30. The van der Waals surface area contributed by atoms with Gasteiger partial charge in [-0.05, 0) is 30.3 Å². The second kappa shape index (κ2) is 8.08. The molecule has 2 aliphatic rings. The molecule has 0 aliphatic carbocycles. The summed E-state index contributed by atoms with van der Waals surface area (Å²) in [5.74, 6) is 0.481. The van der Waals surface area contributed by atoms with Gasteiger partial charge in [-0.15, -0.1) is 11.3 Å². The van der Waals surface area contributed by atoms with Gasteiger partial charge >= 0.3 is 0 Å². The summed E-state index contributed by atoms with van der Waals surface area (Å²) in [6.45, 7) is 5.20. The number of nitriles is 1. The summed E-state index contributed by atoms with van der Waals surface area (Å²) in [6, 6.07) is 6.16. The Balaban J connectivity index is 1.48. The molecule has 3 rings (SSSR count). The van der Waals surface area contributed by atoms with Gasteiger partial charge in [0.05, 0.1) is 12.6 Å². The Bertz CT molecular complexity index is 578. The van der Waals surface area contributed by atoms with E-state index in [2.05, 4.69) is 15.9 Å². The first-order valence-corrected chi connectivity index (χ1v) is 9.37. The molecule has 2 atom stereocenters. The molecular weight excluding hydrogens is 324 g/mol. The Hall–Kier alpha value is -1.46. The lowest BCUT2D eigenvalue weighted by Gasteiger charge is -2.37. The first-order chi connectivity index (χ1) is 11.7. The second-order valence-electron chi connectivity index (χ2n) is 6.54. The van der Waals surface area contributed by atoms with E-state index in [-0.39, 0.29) is 18.6 Å². The second-order valence-corrected chi connectivity index (χ2v) is 7.52. The molecule has 0 spiro atoms. The highest BCUT2D eigenvalue weighted by molar-refractivity contribution is 7.10. The molecule has 0 radical (unpaired) electrons. The van der Waals surface area contributed by atoms with Crippen molar-refractivity contribution in [3.05, 3.63) is 22.4 Å². The summed E-state index contributed by atoms with van der Waals surface area (Å²) in [6.07, 6.45) is 0.974. The molecule has 2 aliphatic heterocycles. The van der Waals surface area contributed by atoms with Crippen LogP contribution in [0.5, 0.6) is 0 Å². The van der Waals surface area contributed by atoms with Crippen molar-refractivity contribution in [2.75, 3.05) is 52.4 Å². The van der Waals surface area contributed by atoms with Crippen LogP contribution in [0.15, 0.2) is 17.5 Å². The van der Waals surface area contributed by atoms with Gasteiger partial charge in [-0.1, -0.05) is 6.07 Å². The van der Waals surface area contributed by atoms with E-state index in [0.717, 1.165) is 37.5 Å². The number of piperazine rings is 1. The molecule has 0 bridgehead atoms. The van der Waals surface area contributed by atoms with Gasteiger partial charge in [-0.25, -0.2) is 0 Å². The van der Waals surface area contributed by atoms with Crippen LogP contribution in [-0.4, -0.2) is 78.1 Å². The zero-order valence-electron chi connectivity index (χ0n) is 13.8. The van der Waals surface area contributed by atoms with Gasteiger partial charge in [0, 0.05) is 44.2 Å². The number of hydrogen-bond acceptors (Lipinski definition) is 6. The molecule has 6 nitrogen and oxygen atoms in total. The fourth-order valence-electron chi connectivity index (χ4n) is 3.50. The molecule has 0 aromatic carbocycles. The predicted octanol–water partition coefficient (Wildman–Crippen LogP) is 0.771. The van der Waals surface area contributed by atoms with Crippen molar-refractivity contribution >= 4 is 17.2 Å². The fraction of sp³-hybridized carbons (Fsp3) is 0.647. The summed E-state index contributed by atoms with van der Waals surface area (Å²) in [7, 11) is 0. The van der Waals surface area contributed by atoms with Crippen molar-refractivity contribution in [3.8, 4) is 6.07 Å². The van der Waals surface area contributed by atoms with Gasteiger partial charge in [0.2, 0.25) is 5.91 Å². The minimum Gasteiger partial charge on any atom is -0.396 e.